The van der Waals surface area contributed by atoms with Gasteiger partial charge < -0.3 is 5.11 Å². The Kier molecular flexibility index (Phi) is 4.08. The Balaban J connectivity index is 2.01. The van der Waals surface area contributed by atoms with Gasteiger partial charge in [-0.2, -0.15) is 0 Å². The summed E-state index contributed by atoms with van der Waals surface area (Å²) in [5.74, 6) is 0.316. The zero-order valence-corrected chi connectivity index (χ0v) is 10.2. The molecule has 1 aliphatic heterocycles. The molecule has 0 aliphatic carbocycles. The van der Waals surface area contributed by atoms with Gasteiger partial charge in [-0.1, -0.05) is 30.5 Å². The topological polar surface area (TPSA) is 23.5 Å². The van der Waals surface area contributed by atoms with Gasteiger partial charge in [0.1, 0.15) is 5.75 Å². The third-order valence-electron chi connectivity index (χ3n) is 3.14. The summed E-state index contributed by atoms with van der Waals surface area (Å²) in [6.45, 7) is 3.12. The Bertz CT molecular complexity index is 346. The van der Waals surface area contributed by atoms with Gasteiger partial charge in [0.05, 0.1) is 0 Å². The summed E-state index contributed by atoms with van der Waals surface area (Å²) in [7, 11) is 0. The van der Waals surface area contributed by atoms with E-state index in [4.69, 9.17) is 11.6 Å². The molecule has 0 spiro atoms. The lowest BCUT2D eigenvalue weighted by Crippen LogP contribution is -2.23. The minimum atomic E-state index is 0.316. The molecule has 1 fully saturated rings. The molecule has 0 radical (unpaired) electrons. The van der Waals surface area contributed by atoms with Crippen LogP contribution in [-0.2, 0) is 6.54 Å². The van der Waals surface area contributed by atoms with E-state index in [2.05, 4.69) is 4.90 Å². The molecular weight excluding hydrogens is 222 g/mol. The molecule has 1 aromatic rings. The summed E-state index contributed by atoms with van der Waals surface area (Å²) >= 11 is 5.81. The zero-order valence-electron chi connectivity index (χ0n) is 9.45. The van der Waals surface area contributed by atoms with Crippen molar-refractivity contribution in [3.63, 3.8) is 0 Å². The van der Waals surface area contributed by atoms with Gasteiger partial charge >= 0.3 is 0 Å². The van der Waals surface area contributed by atoms with Crippen LogP contribution in [0.1, 0.15) is 31.2 Å². The number of nitrogens with zero attached hydrogens (tertiary/aromatic N) is 1. The lowest BCUT2D eigenvalue weighted by molar-refractivity contribution is 0.273. The fourth-order valence-corrected chi connectivity index (χ4v) is 2.37. The summed E-state index contributed by atoms with van der Waals surface area (Å²) in [5, 5.41) is 10.4. The van der Waals surface area contributed by atoms with Crippen LogP contribution < -0.4 is 0 Å². The van der Waals surface area contributed by atoms with Gasteiger partial charge in [-0.05, 0) is 38.1 Å². The molecule has 2 nitrogen and oxygen atoms in total. The molecule has 1 heterocycles. The SMILES string of the molecule is Oc1cc(Cl)ccc1CN1CCCCCC1. The van der Waals surface area contributed by atoms with Gasteiger partial charge in [0.25, 0.3) is 0 Å². The van der Waals surface area contributed by atoms with Gasteiger partial charge in [-0.25, -0.2) is 0 Å². The van der Waals surface area contributed by atoms with Crippen LogP contribution in [0.3, 0.4) is 0 Å². The summed E-state index contributed by atoms with van der Waals surface area (Å²) in [6, 6.07) is 5.38. The first-order valence-corrected chi connectivity index (χ1v) is 6.33. The Morgan fingerprint density at radius 1 is 1.12 bits per heavy atom. The number of aromatic hydroxyl groups is 1. The van der Waals surface area contributed by atoms with E-state index in [1.165, 1.54) is 25.7 Å². The van der Waals surface area contributed by atoms with Crippen LogP contribution in [0.4, 0.5) is 0 Å². The molecule has 1 saturated heterocycles. The first kappa shape index (κ1) is 11.7. The summed E-state index contributed by atoms with van der Waals surface area (Å²) in [5.41, 5.74) is 0.978. The largest absolute Gasteiger partial charge is 0.508 e. The zero-order chi connectivity index (χ0) is 11.4. The first-order chi connectivity index (χ1) is 7.75. The molecule has 1 aromatic carbocycles. The van der Waals surface area contributed by atoms with Crippen molar-refractivity contribution >= 4 is 11.6 Å². The number of rotatable bonds is 2. The molecule has 0 atom stereocenters. The van der Waals surface area contributed by atoms with Crippen LogP contribution in [0, 0.1) is 0 Å². The van der Waals surface area contributed by atoms with Crippen molar-refractivity contribution in [2.45, 2.75) is 32.2 Å². The van der Waals surface area contributed by atoms with E-state index in [-0.39, 0.29) is 0 Å². The second-order valence-electron chi connectivity index (χ2n) is 4.46. The molecule has 1 aliphatic rings. The van der Waals surface area contributed by atoms with Crippen molar-refractivity contribution in [3.05, 3.63) is 28.8 Å². The van der Waals surface area contributed by atoms with E-state index < -0.39 is 0 Å². The molecule has 3 heteroatoms. The van der Waals surface area contributed by atoms with E-state index >= 15 is 0 Å². The average Bonchev–Trinajstić information content (AvgIpc) is 2.51. The molecule has 2 rings (SSSR count). The van der Waals surface area contributed by atoms with Gasteiger partial charge in [-0.15, -0.1) is 0 Å². The molecule has 16 heavy (non-hydrogen) atoms. The first-order valence-electron chi connectivity index (χ1n) is 5.95. The number of hydrogen-bond acceptors (Lipinski definition) is 2. The predicted octanol–water partition coefficient (Wildman–Crippen LogP) is 3.42. The third-order valence-corrected chi connectivity index (χ3v) is 3.38. The van der Waals surface area contributed by atoms with Crippen molar-refractivity contribution in [2.75, 3.05) is 13.1 Å². The quantitative estimate of drug-likeness (QED) is 0.855. The number of halogens is 1. The molecule has 88 valence electrons. The minimum absolute atomic E-state index is 0.316. The van der Waals surface area contributed by atoms with Gasteiger partial charge in [0.2, 0.25) is 0 Å². The van der Waals surface area contributed by atoms with Crippen LogP contribution in [0.15, 0.2) is 18.2 Å². The highest BCUT2D eigenvalue weighted by Gasteiger charge is 2.11. The van der Waals surface area contributed by atoms with Crippen molar-refractivity contribution in [3.8, 4) is 5.75 Å². The molecule has 1 N–H and O–H groups in total. The number of hydrogen-bond donors (Lipinski definition) is 1. The van der Waals surface area contributed by atoms with E-state index in [9.17, 15) is 5.11 Å². The number of benzene rings is 1. The summed E-state index contributed by atoms with van der Waals surface area (Å²) in [6.07, 6.45) is 5.22. The Morgan fingerprint density at radius 3 is 2.44 bits per heavy atom. The fraction of sp³-hybridized carbons (Fsp3) is 0.538. The van der Waals surface area contributed by atoms with Crippen LogP contribution in [-0.4, -0.2) is 23.1 Å². The monoisotopic (exact) mass is 239 g/mol. The number of likely N-dealkylation sites (tertiary alicyclic amines) is 1. The van der Waals surface area contributed by atoms with E-state index in [0.29, 0.717) is 10.8 Å². The second-order valence-corrected chi connectivity index (χ2v) is 4.90. The number of phenols is 1. The predicted molar refractivity (Wildman–Crippen MR) is 66.9 cm³/mol. The van der Waals surface area contributed by atoms with E-state index in [0.717, 1.165) is 25.2 Å². The van der Waals surface area contributed by atoms with E-state index in [1.807, 2.05) is 12.1 Å². The fourth-order valence-electron chi connectivity index (χ4n) is 2.21. The molecule has 0 bridgehead atoms. The lowest BCUT2D eigenvalue weighted by atomic mass is 10.2. The lowest BCUT2D eigenvalue weighted by Gasteiger charge is -2.20. The van der Waals surface area contributed by atoms with Crippen LogP contribution in [0.5, 0.6) is 5.75 Å². The molecular formula is C13H18ClNO. The molecule has 0 aromatic heterocycles. The maximum atomic E-state index is 9.78. The minimum Gasteiger partial charge on any atom is -0.508 e. The third kappa shape index (κ3) is 3.13. The normalized spacial score (nSPS) is 18.3. The average molecular weight is 240 g/mol. The Labute approximate surface area is 102 Å². The second kappa shape index (κ2) is 5.55. The van der Waals surface area contributed by atoms with Crippen molar-refractivity contribution < 1.29 is 5.11 Å². The molecule has 0 saturated carbocycles. The maximum absolute atomic E-state index is 9.78. The van der Waals surface area contributed by atoms with Crippen molar-refractivity contribution in [1.29, 1.82) is 0 Å². The van der Waals surface area contributed by atoms with Crippen LogP contribution in [0.25, 0.3) is 0 Å². The number of phenolic OH excluding ortho intramolecular Hbond substituents is 1. The van der Waals surface area contributed by atoms with Crippen LogP contribution >= 0.6 is 11.6 Å². The summed E-state index contributed by atoms with van der Waals surface area (Å²) < 4.78 is 0. The Morgan fingerprint density at radius 2 is 1.81 bits per heavy atom. The smallest absolute Gasteiger partial charge is 0.121 e. The standard InChI is InChI=1S/C13H18ClNO/c14-12-6-5-11(13(16)9-12)10-15-7-3-1-2-4-8-15/h5-6,9,16H,1-4,7-8,10H2. The molecule has 0 unspecified atom stereocenters. The van der Waals surface area contributed by atoms with Crippen molar-refractivity contribution in [2.24, 2.45) is 0 Å². The van der Waals surface area contributed by atoms with Crippen molar-refractivity contribution in [1.82, 2.24) is 4.90 Å². The highest BCUT2D eigenvalue weighted by atomic mass is 35.5. The summed E-state index contributed by atoms with van der Waals surface area (Å²) in [4.78, 5) is 2.41. The maximum Gasteiger partial charge on any atom is 0.121 e. The highest BCUT2D eigenvalue weighted by Crippen LogP contribution is 2.24. The Hall–Kier alpha value is -0.730. The molecule has 0 amide bonds. The van der Waals surface area contributed by atoms with Gasteiger partial charge in [0, 0.05) is 17.1 Å². The van der Waals surface area contributed by atoms with Gasteiger partial charge in [-0.3, -0.25) is 4.90 Å². The van der Waals surface area contributed by atoms with Crippen LogP contribution in [0.2, 0.25) is 5.02 Å². The van der Waals surface area contributed by atoms with Gasteiger partial charge in [0.15, 0.2) is 0 Å². The van der Waals surface area contributed by atoms with E-state index in [1.54, 1.807) is 6.07 Å². The highest BCUT2D eigenvalue weighted by molar-refractivity contribution is 6.30.